The molecule has 190 valence electrons. The highest BCUT2D eigenvalue weighted by molar-refractivity contribution is 6.00. The highest BCUT2D eigenvalue weighted by atomic mass is 16.2. The van der Waals surface area contributed by atoms with E-state index in [9.17, 15) is 14.4 Å². The molecule has 0 bridgehead atoms. The Hall–Kier alpha value is -4.13. The standard InChI is InChI=1S/C30H32N4O3/c1-22-12-14-24(15-13-22)31-27(35)20-33-21-34(25-9-4-3-5-10-25)30(29(33)37)16-18-32(19-17-30)28(36)26-11-7-6-8-23(26)2/h3-15H,16-21H2,1-2H3,(H,31,35). The van der Waals surface area contributed by atoms with Crippen molar-refractivity contribution >= 4 is 29.1 Å². The van der Waals surface area contributed by atoms with E-state index in [2.05, 4.69) is 10.2 Å². The molecule has 2 fully saturated rings. The normalized spacial score (nSPS) is 16.8. The number of para-hydroxylation sites is 1. The van der Waals surface area contributed by atoms with E-state index in [1.807, 2.05) is 97.6 Å². The number of aryl methyl sites for hydroxylation is 2. The lowest BCUT2D eigenvalue weighted by Crippen LogP contribution is -2.57. The molecule has 0 unspecified atom stereocenters. The Morgan fingerprint density at radius 3 is 2.19 bits per heavy atom. The minimum absolute atomic E-state index is 0.000936. The number of likely N-dealkylation sites (tertiary alicyclic amines) is 1. The van der Waals surface area contributed by atoms with Crippen molar-refractivity contribution in [1.82, 2.24) is 9.80 Å². The van der Waals surface area contributed by atoms with Crippen molar-refractivity contribution < 1.29 is 14.4 Å². The van der Waals surface area contributed by atoms with Crippen LogP contribution in [0, 0.1) is 13.8 Å². The van der Waals surface area contributed by atoms with Gasteiger partial charge in [-0.25, -0.2) is 0 Å². The Morgan fingerprint density at radius 1 is 0.865 bits per heavy atom. The molecule has 3 amide bonds. The summed E-state index contributed by atoms with van der Waals surface area (Å²) in [5.74, 6) is -0.285. The van der Waals surface area contributed by atoms with Crippen LogP contribution in [0.1, 0.15) is 34.3 Å². The van der Waals surface area contributed by atoms with E-state index < -0.39 is 5.54 Å². The molecule has 1 spiro atoms. The summed E-state index contributed by atoms with van der Waals surface area (Å²) in [6, 6.07) is 25.0. The average molecular weight is 497 g/mol. The summed E-state index contributed by atoms with van der Waals surface area (Å²) in [7, 11) is 0. The van der Waals surface area contributed by atoms with Crippen LogP contribution < -0.4 is 10.2 Å². The van der Waals surface area contributed by atoms with Crippen molar-refractivity contribution in [1.29, 1.82) is 0 Å². The number of anilines is 2. The average Bonchev–Trinajstić information content (AvgIpc) is 3.17. The maximum absolute atomic E-state index is 13.9. The fourth-order valence-electron chi connectivity index (χ4n) is 5.40. The van der Waals surface area contributed by atoms with Gasteiger partial charge in [-0.2, -0.15) is 0 Å². The number of benzene rings is 3. The molecule has 7 nitrogen and oxygen atoms in total. The van der Waals surface area contributed by atoms with E-state index in [1.165, 1.54) is 0 Å². The van der Waals surface area contributed by atoms with Gasteiger partial charge in [-0.1, -0.05) is 54.1 Å². The van der Waals surface area contributed by atoms with E-state index in [0.29, 0.717) is 43.9 Å². The largest absolute Gasteiger partial charge is 0.339 e. The van der Waals surface area contributed by atoms with Gasteiger partial charge >= 0.3 is 0 Å². The molecule has 0 saturated carbocycles. The van der Waals surface area contributed by atoms with Crippen molar-refractivity contribution in [2.75, 3.05) is 36.5 Å². The number of nitrogens with zero attached hydrogens (tertiary/aromatic N) is 3. The van der Waals surface area contributed by atoms with Crippen LogP contribution in [0.25, 0.3) is 0 Å². The molecule has 0 aromatic heterocycles. The molecule has 2 heterocycles. The molecule has 1 N–H and O–H groups in total. The third kappa shape index (κ3) is 4.81. The lowest BCUT2D eigenvalue weighted by molar-refractivity contribution is -0.136. The molecule has 5 rings (SSSR count). The maximum Gasteiger partial charge on any atom is 0.254 e. The Morgan fingerprint density at radius 2 is 1.51 bits per heavy atom. The number of carbonyl (C=O) groups is 3. The van der Waals surface area contributed by atoms with E-state index in [-0.39, 0.29) is 24.3 Å². The summed E-state index contributed by atoms with van der Waals surface area (Å²) in [6.45, 7) is 5.19. The molecule has 0 aliphatic carbocycles. The van der Waals surface area contributed by atoms with E-state index >= 15 is 0 Å². The second-order valence-corrected chi connectivity index (χ2v) is 9.96. The first kappa shape index (κ1) is 24.6. The molecule has 7 heteroatoms. The maximum atomic E-state index is 13.9. The van der Waals surface area contributed by atoms with Crippen LogP contribution in [0.3, 0.4) is 0 Å². The van der Waals surface area contributed by atoms with Gasteiger partial charge in [-0.05, 0) is 62.6 Å². The summed E-state index contributed by atoms with van der Waals surface area (Å²) in [4.78, 5) is 45.6. The van der Waals surface area contributed by atoms with Crippen molar-refractivity contribution in [3.8, 4) is 0 Å². The number of hydrogen-bond donors (Lipinski definition) is 1. The second kappa shape index (κ2) is 10.1. The number of amides is 3. The second-order valence-electron chi connectivity index (χ2n) is 9.96. The molecule has 2 aliphatic heterocycles. The number of rotatable bonds is 5. The Kier molecular flexibility index (Phi) is 6.70. The molecule has 37 heavy (non-hydrogen) atoms. The zero-order valence-electron chi connectivity index (χ0n) is 21.3. The summed E-state index contributed by atoms with van der Waals surface area (Å²) in [5.41, 5.74) is 3.62. The smallest absolute Gasteiger partial charge is 0.254 e. The monoisotopic (exact) mass is 496 g/mol. The van der Waals surface area contributed by atoms with Crippen molar-refractivity contribution in [2.45, 2.75) is 32.2 Å². The van der Waals surface area contributed by atoms with Crippen LogP contribution in [-0.4, -0.2) is 59.4 Å². The lowest BCUT2D eigenvalue weighted by Gasteiger charge is -2.43. The third-order valence-corrected chi connectivity index (χ3v) is 7.51. The van der Waals surface area contributed by atoms with Crippen molar-refractivity contribution in [3.63, 3.8) is 0 Å². The predicted molar refractivity (Wildman–Crippen MR) is 144 cm³/mol. The topological polar surface area (TPSA) is 73.0 Å². The van der Waals surface area contributed by atoms with Crippen LogP contribution in [0.4, 0.5) is 11.4 Å². The highest BCUT2D eigenvalue weighted by Gasteiger charge is 2.54. The van der Waals surface area contributed by atoms with Gasteiger partial charge in [-0.3, -0.25) is 14.4 Å². The van der Waals surface area contributed by atoms with Gasteiger partial charge in [0.05, 0.1) is 6.67 Å². The van der Waals surface area contributed by atoms with Gasteiger partial charge < -0.3 is 20.0 Å². The first-order chi connectivity index (χ1) is 17.9. The SMILES string of the molecule is Cc1ccc(NC(=O)CN2CN(c3ccccc3)C3(CCN(C(=O)c4ccccc4C)CC3)C2=O)cc1. The Labute approximate surface area is 217 Å². The van der Waals surface area contributed by atoms with Gasteiger partial charge in [0, 0.05) is 30.0 Å². The van der Waals surface area contributed by atoms with E-state index in [0.717, 1.165) is 16.8 Å². The molecular weight excluding hydrogens is 464 g/mol. The van der Waals surface area contributed by atoms with Crippen molar-refractivity contribution in [3.05, 3.63) is 95.6 Å². The zero-order chi connectivity index (χ0) is 26.0. The minimum Gasteiger partial charge on any atom is -0.339 e. The summed E-state index contributed by atoms with van der Waals surface area (Å²) < 4.78 is 0. The van der Waals surface area contributed by atoms with Gasteiger partial charge in [-0.15, -0.1) is 0 Å². The quantitative estimate of drug-likeness (QED) is 0.574. The third-order valence-electron chi connectivity index (χ3n) is 7.51. The van der Waals surface area contributed by atoms with Crippen LogP contribution in [-0.2, 0) is 9.59 Å². The van der Waals surface area contributed by atoms with Crippen molar-refractivity contribution in [2.24, 2.45) is 0 Å². The number of piperidine rings is 1. The number of hydrogen-bond acceptors (Lipinski definition) is 4. The molecule has 3 aromatic rings. The molecule has 0 radical (unpaired) electrons. The fraction of sp³-hybridized carbons (Fsp3) is 0.300. The summed E-state index contributed by atoms with van der Waals surface area (Å²) >= 11 is 0. The van der Waals surface area contributed by atoms with Gasteiger partial charge in [0.25, 0.3) is 11.8 Å². The molecule has 2 saturated heterocycles. The first-order valence-electron chi connectivity index (χ1n) is 12.7. The summed E-state index contributed by atoms with van der Waals surface area (Å²) in [5, 5.41) is 2.90. The van der Waals surface area contributed by atoms with Gasteiger partial charge in [0.2, 0.25) is 5.91 Å². The van der Waals surface area contributed by atoms with Gasteiger partial charge in [0.1, 0.15) is 12.1 Å². The lowest BCUT2D eigenvalue weighted by atomic mass is 9.85. The predicted octanol–water partition coefficient (Wildman–Crippen LogP) is 4.22. The zero-order valence-corrected chi connectivity index (χ0v) is 21.3. The number of nitrogens with one attached hydrogen (secondary N) is 1. The van der Waals surface area contributed by atoms with Gasteiger partial charge in [0.15, 0.2) is 0 Å². The van der Waals surface area contributed by atoms with E-state index in [1.54, 1.807) is 4.90 Å². The van der Waals surface area contributed by atoms with E-state index in [4.69, 9.17) is 0 Å². The number of carbonyl (C=O) groups excluding carboxylic acids is 3. The van der Waals surface area contributed by atoms with Crippen LogP contribution in [0.15, 0.2) is 78.9 Å². The van der Waals surface area contributed by atoms with Crippen LogP contribution >= 0.6 is 0 Å². The summed E-state index contributed by atoms with van der Waals surface area (Å²) in [6.07, 6.45) is 1.02. The molecule has 2 aliphatic rings. The van der Waals surface area contributed by atoms with Crippen LogP contribution in [0.5, 0.6) is 0 Å². The Bertz CT molecular complexity index is 1300. The Balaban J connectivity index is 1.34. The molecule has 0 atom stereocenters. The minimum atomic E-state index is -0.784. The fourth-order valence-corrected chi connectivity index (χ4v) is 5.40. The first-order valence-corrected chi connectivity index (χ1v) is 12.7. The molecule has 3 aromatic carbocycles. The molecular formula is C30H32N4O3. The van der Waals surface area contributed by atoms with Crippen LogP contribution in [0.2, 0.25) is 0 Å². The highest BCUT2D eigenvalue weighted by Crippen LogP contribution is 2.39.